The molecule has 43 heavy (non-hydrogen) atoms. The SMILES string of the molecule is CNCCNc1ccc(Nc2nc(N(Cc3ccccc3)Cc3ccccc3)c3ncn(C4CCCCO4)c3n2)cc1F. The predicted molar refractivity (Wildman–Crippen MR) is 169 cm³/mol. The second-order valence-electron chi connectivity index (χ2n) is 10.7. The number of rotatable bonds is 12. The normalized spacial score (nSPS) is 15.0. The van der Waals surface area contributed by atoms with Crippen molar-refractivity contribution in [2.75, 3.05) is 42.3 Å². The van der Waals surface area contributed by atoms with Gasteiger partial charge in [0.2, 0.25) is 5.95 Å². The van der Waals surface area contributed by atoms with Gasteiger partial charge in [0.25, 0.3) is 0 Å². The summed E-state index contributed by atoms with van der Waals surface area (Å²) in [6.07, 6.45) is 4.67. The molecule has 222 valence electrons. The van der Waals surface area contributed by atoms with Gasteiger partial charge in [-0.1, -0.05) is 60.7 Å². The van der Waals surface area contributed by atoms with E-state index in [2.05, 4.69) is 45.1 Å². The van der Waals surface area contributed by atoms with Crippen molar-refractivity contribution in [1.29, 1.82) is 0 Å². The molecule has 0 amide bonds. The Labute approximate surface area is 251 Å². The number of nitrogens with one attached hydrogen (secondary N) is 3. The summed E-state index contributed by atoms with van der Waals surface area (Å²) in [5.74, 6) is 0.708. The molecule has 0 radical (unpaired) electrons. The quantitative estimate of drug-likeness (QED) is 0.149. The highest BCUT2D eigenvalue weighted by Gasteiger charge is 2.24. The number of anilines is 4. The lowest BCUT2D eigenvalue weighted by Crippen LogP contribution is -2.24. The van der Waals surface area contributed by atoms with Crippen LogP contribution in [0.2, 0.25) is 0 Å². The third kappa shape index (κ3) is 6.93. The minimum Gasteiger partial charge on any atom is -0.381 e. The molecule has 10 heteroatoms. The Morgan fingerprint density at radius 2 is 1.67 bits per heavy atom. The van der Waals surface area contributed by atoms with Crippen LogP contribution in [-0.4, -0.2) is 46.3 Å². The van der Waals surface area contributed by atoms with Gasteiger partial charge < -0.3 is 25.6 Å². The van der Waals surface area contributed by atoms with Crippen molar-refractivity contribution in [1.82, 2.24) is 24.8 Å². The number of imidazole rings is 1. The fourth-order valence-corrected chi connectivity index (χ4v) is 5.33. The highest BCUT2D eigenvalue weighted by atomic mass is 19.1. The van der Waals surface area contributed by atoms with E-state index in [9.17, 15) is 4.39 Å². The summed E-state index contributed by atoms with van der Waals surface area (Å²) in [4.78, 5) is 16.9. The van der Waals surface area contributed by atoms with E-state index in [1.54, 1.807) is 12.4 Å². The molecular formula is C33H37FN8O. The average Bonchev–Trinajstić information content (AvgIpc) is 3.47. The summed E-state index contributed by atoms with van der Waals surface area (Å²) in [6.45, 7) is 3.30. The van der Waals surface area contributed by atoms with Gasteiger partial charge in [-0.15, -0.1) is 0 Å². The summed E-state index contributed by atoms with van der Waals surface area (Å²) in [7, 11) is 1.86. The molecule has 1 fully saturated rings. The highest BCUT2D eigenvalue weighted by Crippen LogP contribution is 2.32. The lowest BCUT2D eigenvalue weighted by atomic mass is 10.1. The van der Waals surface area contributed by atoms with Crippen LogP contribution < -0.4 is 20.9 Å². The maximum Gasteiger partial charge on any atom is 0.231 e. The van der Waals surface area contributed by atoms with Crippen molar-refractivity contribution in [2.45, 2.75) is 38.6 Å². The zero-order valence-electron chi connectivity index (χ0n) is 24.3. The van der Waals surface area contributed by atoms with Crippen molar-refractivity contribution in [2.24, 2.45) is 0 Å². The Hall–Kier alpha value is -4.54. The number of aromatic nitrogens is 4. The summed E-state index contributed by atoms with van der Waals surface area (Å²) in [5.41, 5.74) is 4.68. The number of ether oxygens (including phenoxy) is 1. The first-order chi connectivity index (χ1) is 21.2. The minimum absolute atomic E-state index is 0.147. The van der Waals surface area contributed by atoms with Crippen molar-refractivity contribution < 1.29 is 9.13 Å². The van der Waals surface area contributed by atoms with Crippen molar-refractivity contribution >= 4 is 34.3 Å². The second-order valence-corrected chi connectivity index (χ2v) is 10.7. The number of nitrogens with zero attached hydrogens (tertiary/aromatic N) is 5. The Bertz CT molecular complexity index is 1580. The zero-order valence-corrected chi connectivity index (χ0v) is 24.3. The Balaban J connectivity index is 1.40. The first-order valence-electron chi connectivity index (χ1n) is 14.8. The Kier molecular flexibility index (Phi) is 9.05. The van der Waals surface area contributed by atoms with E-state index in [1.165, 1.54) is 6.07 Å². The molecule has 2 aromatic heterocycles. The molecule has 0 bridgehead atoms. The molecule has 6 rings (SSSR count). The number of likely N-dealkylation sites (N-methyl/N-ethyl adjacent to an activating group) is 1. The third-order valence-corrected chi connectivity index (χ3v) is 7.52. The van der Waals surface area contributed by atoms with E-state index in [4.69, 9.17) is 19.7 Å². The van der Waals surface area contributed by atoms with Gasteiger partial charge in [0.1, 0.15) is 12.0 Å². The molecule has 1 atom stereocenters. The highest BCUT2D eigenvalue weighted by molar-refractivity contribution is 5.85. The molecule has 3 aromatic carbocycles. The fraction of sp³-hybridized carbons (Fsp3) is 0.303. The van der Waals surface area contributed by atoms with Crippen LogP contribution in [0.15, 0.2) is 85.2 Å². The van der Waals surface area contributed by atoms with E-state index < -0.39 is 0 Å². The van der Waals surface area contributed by atoms with Crippen molar-refractivity contribution in [3.8, 4) is 0 Å². The number of halogens is 1. The minimum atomic E-state index is -0.349. The molecule has 3 heterocycles. The van der Waals surface area contributed by atoms with Crippen LogP contribution in [0.1, 0.15) is 36.6 Å². The first kappa shape index (κ1) is 28.6. The standard InChI is InChI=1S/C33H37FN8O/c1-35-17-18-36-28-16-15-26(20-27(28)34)38-33-39-31(30-32(40-33)42(23-37-30)29-14-8-9-19-43-29)41(21-24-10-4-2-5-11-24)22-25-12-6-3-7-13-25/h2-7,10-13,15-16,20,23,29,35-36H,8-9,14,17-19,21-22H2,1H3,(H,38,39,40). The molecule has 1 unspecified atom stereocenters. The molecule has 5 aromatic rings. The van der Waals surface area contributed by atoms with Crippen LogP contribution in [-0.2, 0) is 17.8 Å². The smallest absolute Gasteiger partial charge is 0.231 e. The van der Waals surface area contributed by atoms with Gasteiger partial charge in [0.15, 0.2) is 17.0 Å². The van der Waals surface area contributed by atoms with E-state index in [0.717, 1.165) is 36.9 Å². The molecule has 1 aliphatic rings. The second kappa shape index (κ2) is 13.6. The first-order valence-corrected chi connectivity index (χ1v) is 14.8. The van der Waals surface area contributed by atoms with Gasteiger partial charge in [-0.2, -0.15) is 9.97 Å². The van der Waals surface area contributed by atoms with Gasteiger partial charge >= 0.3 is 0 Å². The number of hydrogen-bond acceptors (Lipinski definition) is 8. The summed E-state index contributed by atoms with van der Waals surface area (Å²) >= 11 is 0. The number of fused-ring (bicyclic) bond motifs is 1. The van der Waals surface area contributed by atoms with Gasteiger partial charge in [-0.05, 0) is 55.6 Å². The van der Waals surface area contributed by atoms with Crippen molar-refractivity contribution in [3.05, 3.63) is 102 Å². The van der Waals surface area contributed by atoms with Gasteiger partial charge in [-0.3, -0.25) is 4.57 Å². The molecular weight excluding hydrogens is 543 g/mol. The molecule has 9 nitrogen and oxygen atoms in total. The topological polar surface area (TPSA) is 92.2 Å². The van der Waals surface area contributed by atoms with Crippen LogP contribution in [0.5, 0.6) is 0 Å². The van der Waals surface area contributed by atoms with Crippen LogP contribution >= 0.6 is 0 Å². The van der Waals surface area contributed by atoms with Gasteiger partial charge in [-0.25, -0.2) is 9.37 Å². The maximum absolute atomic E-state index is 15.0. The summed E-state index contributed by atoms with van der Waals surface area (Å²) in [6, 6.07) is 25.6. The summed E-state index contributed by atoms with van der Waals surface area (Å²) < 4.78 is 23.1. The fourth-order valence-electron chi connectivity index (χ4n) is 5.33. The van der Waals surface area contributed by atoms with Crippen LogP contribution in [0.4, 0.5) is 27.5 Å². The van der Waals surface area contributed by atoms with Crippen LogP contribution in [0.25, 0.3) is 11.2 Å². The van der Waals surface area contributed by atoms with Gasteiger partial charge in [0.05, 0.1) is 12.0 Å². The molecule has 0 spiro atoms. The summed E-state index contributed by atoms with van der Waals surface area (Å²) in [5, 5.41) is 9.43. The molecule has 0 aliphatic carbocycles. The van der Waals surface area contributed by atoms with E-state index in [-0.39, 0.29) is 12.0 Å². The van der Waals surface area contributed by atoms with Crippen LogP contribution in [0, 0.1) is 5.82 Å². The zero-order chi connectivity index (χ0) is 29.4. The maximum atomic E-state index is 15.0. The lowest BCUT2D eigenvalue weighted by molar-refractivity contribution is -0.0298. The number of hydrogen-bond donors (Lipinski definition) is 3. The average molecular weight is 581 g/mol. The van der Waals surface area contributed by atoms with E-state index in [1.807, 2.05) is 54.1 Å². The monoisotopic (exact) mass is 580 g/mol. The van der Waals surface area contributed by atoms with Crippen LogP contribution in [0.3, 0.4) is 0 Å². The number of benzene rings is 3. The molecule has 1 aliphatic heterocycles. The molecule has 3 N–H and O–H groups in total. The van der Waals surface area contributed by atoms with E-state index in [0.29, 0.717) is 60.5 Å². The van der Waals surface area contributed by atoms with Gasteiger partial charge in [0, 0.05) is 38.5 Å². The van der Waals surface area contributed by atoms with Crippen molar-refractivity contribution in [3.63, 3.8) is 0 Å². The predicted octanol–water partition coefficient (Wildman–Crippen LogP) is 6.25. The lowest BCUT2D eigenvalue weighted by Gasteiger charge is -2.26. The Morgan fingerprint density at radius 1 is 0.930 bits per heavy atom. The molecule has 0 saturated carbocycles. The Morgan fingerprint density at radius 3 is 2.33 bits per heavy atom. The largest absolute Gasteiger partial charge is 0.381 e. The third-order valence-electron chi connectivity index (χ3n) is 7.52. The van der Waals surface area contributed by atoms with E-state index >= 15 is 0 Å². The molecule has 1 saturated heterocycles.